The van der Waals surface area contributed by atoms with Crippen molar-refractivity contribution < 1.29 is 19.6 Å². The van der Waals surface area contributed by atoms with Crippen molar-refractivity contribution in [2.24, 2.45) is 0 Å². The molecule has 0 N–H and O–H groups in total. The lowest BCUT2D eigenvalue weighted by molar-refractivity contribution is -0.497. The average molecular weight is 258 g/mol. The molecule has 0 aromatic rings. The first-order chi connectivity index (χ1) is 8.14. The van der Waals surface area contributed by atoms with Gasteiger partial charge in [0.05, 0.1) is 11.2 Å². The van der Waals surface area contributed by atoms with Crippen LogP contribution in [0.4, 0.5) is 0 Å². The van der Waals surface area contributed by atoms with Crippen LogP contribution in [0.1, 0.15) is 60.8 Å². The highest BCUT2D eigenvalue weighted by atomic mass is 17.3. The Bertz CT molecular complexity index is 236. The standard InChI is InChI=1S/C14H26O4/c1-8-9-10-11-12(15-17-13(2,3)4)16-18-14(5,6)7/h1,12H,9-11H2,2-7H3. The third-order valence-electron chi connectivity index (χ3n) is 1.57. The highest BCUT2D eigenvalue weighted by molar-refractivity contribution is 4.82. The summed E-state index contributed by atoms with van der Waals surface area (Å²) in [5.74, 6) is 2.58. The lowest BCUT2D eigenvalue weighted by Gasteiger charge is -2.25. The van der Waals surface area contributed by atoms with Gasteiger partial charge in [0.2, 0.25) is 6.29 Å². The summed E-state index contributed by atoms with van der Waals surface area (Å²) < 4.78 is 0. The largest absolute Gasteiger partial charge is 0.228 e. The molecule has 0 aliphatic rings. The van der Waals surface area contributed by atoms with Crippen LogP contribution >= 0.6 is 0 Å². The van der Waals surface area contributed by atoms with Gasteiger partial charge >= 0.3 is 0 Å². The van der Waals surface area contributed by atoms with Crippen LogP contribution in [0.15, 0.2) is 0 Å². The predicted octanol–water partition coefficient (Wildman–Crippen LogP) is 3.61. The van der Waals surface area contributed by atoms with E-state index < -0.39 is 17.5 Å². The second-order valence-corrected chi connectivity index (χ2v) is 6.11. The van der Waals surface area contributed by atoms with Crippen molar-refractivity contribution in [2.75, 3.05) is 0 Å². The fourth-order valence-corrected chi connectivity index (χ4v) is 0.879. The first kappa shape index (κ1) is 17.4. The topological polar surface area (TPSA) is 36.9 Å². The van der Waals surface area contributed by atoms with Crippen LogP contribution in [0.3, 0.4) is 0 Å². The van der Waals surface area contributed by atoms with Crippen LogP contribution < -0.4 is 0 Å². The first-order valence-electron chi connectivity index (χ1n) is 6.26. The molecule has 0 bridgehead atoms. The maximum Gasteiger partial charge on any atom is 0.224 e. The van der Waals surface area contributed by atoms with Gasteiger partial charge in [-0.2, -0.15) is 0 Å². The monoisotopic (exact) mass is 258 g/mol. The minimum absolute atomic E-state index is 0.393. The van der Waals surface area contributed by atoms with Gasteiger partial charge in [-0.15, -0.1) is 12.3 Å². The Labute approximate surface area is 111 Å². The van der Waals surface area contributed by atoms with Crippen molar-refractivity contribution in [2.45, 2.75) is 78.3 Å². The minimum atomic E-state index is -0.572. The SMILES string of the molecule is C#CCCCC(OOC(C)(C)C)OOC(C)(C)C. The molecule has 4 heteroatoms. The molecule has 4 nitrogen and oxygen atoms in total. The number of rotatable bonds is 7. The van der Waals surface area contributed by atoms with Crippen molar-refractivity contribution in [3.63, 3.8) is 0 Å². The van der Waals surface area contributed by atoms with E-state index in [0.717, 1.165) is 6.42 Å². The zero-order valence-electron chi connectivity index (χ0n) is 12.4. The molecule has 0 spiro atoms. The van der Waals surface area contributed by atoms with E-state index >= 15 is 0 Å². The van der Waals surface area contributed by atoms with Gasteiger partial charge in [-0.25, -0.2) is 19.6 Å². The van der Waals surface area contributed by atoms with E-state index in [2.05, 4.69) is 5.92 Å². The Morgan fingerprint density at radius 1 is 0.944 bits per heavy atom. The van der Waals surface area contributed by atoms with Crippen LogP contribution in [-0.4, -0.2) is 17.5 Å². The zero-order valence-corrected chi connectivity index (χ0v) is 12.4. The van der Waals surface area contributed by atoms with Crippen molar-refractivity contribution in [1.82, 2.24) is 0 Å². The molecule has 0 aliphatic heterocycles. The highest BCUT2D eigenvalue weighted by Gasteiger charge is 2.21. The zero-order chi connectivity index (χ0) is 14.2. The van der Waals surface area contributed by atoms with E-state index in [1.807, 2.05) is 41.5 Å². The van der Waals surface area contributed by atoms with Crippen molar-refractivity contribution in [1.29, 1.82) is 0 Å². The van der Waals surface area contributed by atoms with E-state index in [1.54, 1.807) is 0 Å². The Kier molecular flexibility index (Phi) is 7.49. The summed E-state index contributed by atoms with van der Waals surface area (Å²) in [4.78, 5) is 20.9. The van der Waals surface area contributed by atoms with Gasteiger partial charge in [-0.3, -0.25) is 0 Å². The van der Waals surface area contributed by atoms with Gasteiger partial charge < -0.3 is 0 Å². The summed E-state index contributed by atoms with van der Waals surface area (Å²) in [6.45, 7) is 11.4. The Morgan fingerprint density at radius 3 is 1.72 bits per heavy atom. The van der Waals surface area contributed by atoms with Crippen LogP contribution in [0, 0.1) is 12.3 Å². The maximum atomic E-state index is 5.23. The average Bonchev–Trinajstić information content (AvgIpc) is 2.19. The molecule has 106 valence electrons. The number of hydrogen-bond acceptors (Lipinski definition) is 4. The summed E-state index contributed by atoms with van der Waals surface area (Å²) in [5.41, 5.74) is -0.787. The number of unbranched alkanes of at least 4 members (excludes halogenated alkanes) is 1. The molecule has 0 fully saturated rings. The smallest absolute Gasteiger partial charge is 0.224 e. The van der Waals surface area contributed by atoms with Gasteiger partial charge in [-0.1, -0.05) is 0 Å². The van der Waals surface area contributed by atoms with Crippen LogP contribution in [0.25, 0.3) is 0 Å². The lowest BCUT2D eigenvalue weighted by atomic mass is 10.2. The first-order valence-corrected chi connectivity index (χ1v) is 6.26. The van der Waals surface area contributed by atoms with E-state index in [9.17, 15) is 0 Å². The molecule has 0 aromatic carbocycles. The maximum absolute atomic E-state index is 5.23. The molecular weight excluding hydrogens is 232 g/mol. The van der Waals surface area contributed by atoms with Crippen molar-refractivity contribution >= 4 is 0 Å². The van der Waals surface area contributed by atoms with E-state index in [1.165, 1.54) is 0 Å². The fourth-order valence-electron chi connectivity index (χ4n) is 0.879. The Hall–Kier alpha value is -0.600. The fraction of sp³-hybridized carbons (Fsp3) is 0.857. The highest BCUT2D eigenvalue weighted by Crippen LogP contribution is 2.16. The summed E-state index contributed by atoms with van der Waals surface area (Å²) >= 11 is 0. The Morgan fingerprint density at radius 2 is 1.39 bits per heavy atom. The third-order valence-corrected chi connectivity index (χ3v) is 1.57. The third kappa shape index (κ3) is 11.9. The molecule has 18 heavy (non-hydrogen) atoms. The normalized spacial score (nSPS) is 12.8. The molecule has 0 aliphatic carbocycles. The van der Waals surface area contributed by atoms with Crippen molar-refractivity contribution in [3.8, 4) is 12.3 Å². The summed E-state index contributed by atoms with van der Waals surface area (Å²) in [6.07, 6.45) is 6.72. The summed E-state index contributed by atoms with van der Waals surface area (Å²) in [7, 11) is 0. The van der Waals surface area contributed by atoms with E-state index in [0.29, 0.717) is 12.8 Å². The molecule has 0 aromatic heterocycles. The molecule has 0 saturated heterocycles. The molecule has 0 saturated carbocycles. The molecule has 0 heterocycles. The number of terminal acetylenes is 1. The second-order valence-electron chi connectivity index (χ2n) is 6.11. The molecule has 0 amide bonds. The molecule has 0 atom stereocenters. The molecular formula is C14H26O4. The van der Waals surface area contributed by atoms with E-state index in [-0.39, 0.29) is 0 Å². The van der Waals surface area contributed by atoms with Gasteiger partial charge in [0, 0.05) is 12.8 Å². The van der Waals surface area contributed by atoms with E-state index in [4.69, 9.17) is 26.0 Å². The molecule has 0 unspecified atom stereocenters. The van der Waals surface area contributed by atoms with Gasteiger partial charge in [-0.05, 0) is 48.0 Å². The van der Waals surface area contributed by atoms with Gasteiger partial charge in [0.25, 0.3) is 0 Å². The van der Waals surface area contributed by atoms with Crippen molar-refractivity contribution in [3.05, 3.63) is 0 Å². The summed E-state index contributed by atoms with van der Waals surface area (Å²) in [6, 6.07) is 0. The Balaban J connectivity index is 4.12. The summed E-state index contributed by atoms with van der Waals surface area (Å²) in [5, 5.41) is 0. The number of hydrogen-bond donors (Lipinski definition) is 0. The van der Waals surface area contributed by atoms with Gasteiger partial charge in [0.15, 0.2) is 0 Å². The minimum Gasteiger partial charge on any atom is -0.228 e. The predicted molar refractivity (Wildman–Crippen MR) is 70.3 cm³/mol. The second kappa shape index (κ2) is 7.75. The van der Waals surface area contributed by atoms with Crippen LogP contribution in [-0.2, 0) is 19.6 Å². The molecule has 0 radical (unpaired) electrons. The lowest BCUT2D eigenvalue weighted by Crippen LogP contribution is -2.29. The van der Waals surface area contributed by atoms with Gasteiger partial charge in [0.1, 0.15) is 0 Å². The molecule has 0 rings (SSSR count). The van der Waals surface area contributed by atoms with Crippen LogP contribution in [0.2, 0.25) is 0 Å². The van der Waals surface area contributed by atoms with Crippen LogP contribution in [0.5, 0.6) is 0 Å². The quantitative estimate of drug-likeness (QED) is 0.230.